The second-order valence-corrected chi connectivity index (χ2v) is 7.61. The van der Waals surface area contributed by atoms with E-state index in [1.165, 1.54) is 12.1 Å². The summed E-state index contributed by atoms with van der Waals surface area (Å²) in [5.74, 6) is 0.174. The van der Waals surface area contributed by atoms with Gasteiger partial charge in [-0.25, -0.2) is 4.39 Å². The zero-order valence-corrected chi connectivity index (χ0v) is 15.5. The molecule has 2 aliphatic heterocycles. The second-order valence-electron chi connectivity index (χ2n) is 7.61. The molecular weight excluding hydrogens is 333 g/mol. The number of nitrogens with one attached hydrogen (secondary N) is 2. The normalized spacial score (nSPS) is 20.8. The van der Waals surface area contributed by atoms with Gasteiger partial charge in [-0.1, -0.05) is 0 Å². The average Bonchev–Trinajstić information content (AvgIpc) is 2.63. The Morgan fingerprint density at radius 2 is 2.00 bits per heavy atom. The minimum atomic E-state index is -0.291. The van der Waals surface area contributed by atoms with Crippen molar-refractivity contribution in [2.45, 2.75) is 51.2 Å². The second kappa shape index (κ2) is 8.82. The number of carbonyl (C=O) groups is 1. The highest BCUT2D eigenvalue weighted by Crippen LogP contribution is 2.30. The van der Waals surface area contributed by atoms with E-state index in [2.05, 4.69) is 15.5 Å². The lowest BCUT2D eigenvalue weighted by Crippen LogP contribution is -2.37. The summed E-state index contributed by atoms with van der Waals surface area (Å²) in [4.78, 5) is 14.6. The largest absolute Gasteiger partial charge is 0.393 e. The molecule has 0 saturated carbocycles. The first-order valence-electron chi connectivity index (χ1n) is 9.75. The monoisotopic (exact) mass is 363 g/mol. The fourth-order valence-electron chi connectivity index (χ4n) is 3.99. The minimum absolute atomic E-state index is 0.0358. The van der Waals surface area contributed by atoms with Crippen LogP contribution in [0.1, 0.15) is 50.6 Å². The minimum Gasteiger partial charge on any atom is -0.393 e. The van der Waals surface area contributed by atoms with Crippen LogP contribution in [-0.2, 0) is 4.79 Å². The Kier molecular flexibility index (Phi) is 6.48. The molecule has 0 radical (unpaired) electrons. The standard InChI is InChI=1S/C20H30FN3O2/c1-14(23-20(26)12-15-4-8-22-9-5-15)18-13-16(21)2-3-19(18)24-10-6-17(25)7-11-24/h2-3,13-15,17,22,25H,4-12H2,1H3,(H,23,26)/t14-/m1/s1. The molecule has 6 heteroatoms. The van der Waals surface area contributed by atoms with Gasteiger partial charge in [0.05, 0.1) is 12.1 Å². The maximum absolute atomic E-state index is 13.9. The van der Waals surface area contributed by atoms with Crippen molar-refractivity contribution in [2.24, 2.45) is 5.92 Å². The quantitative estimate of drug-likeness (QED) is 0.751. The summed E-state index contributed by atoms with van der Waals surface area (Å²) in [6.45, 7) is 5.35. The van der Waals surface area contributed by atoms with Crippen molar-refractivity contribution in [1.82, 2.24) is 10.6 Å². The van der Waals surface area contributed by atoms with Gasteiger partial charge in [-0.2, -0.15) is 0 Å². The number of aliphatic hydroxyl groups is 1. The van der Waals surface area contributed by atoms with Gasteiger partial charge in [-0.15, -0.1) is 0 Å². The lowest BCUT2D eigenvalue weighted by atomic mass is 9.94. The molecule has 0 unspecified atom stereocenters. The number of amides is 1. The number of piperidine rings is 2. The molecule has 3 rings (SSSR count). The molecule has 26 heavy (non-hydrogen) atoms. The maximum atomic E-state index is 13.9. The molecule has 2 aliphatic rings. The van der Waals surface area contributed by atoms with Crippen LogP contribution in [0.25, 0.3) is 0 Å². The van der Waals surface area contributed by atoms with Crippen molar-refractivity contribution in [3.63, 3.8) is 0 Å². The van der Waals surface area contributed by atoms with Crippen LogP contribution in [0.2, 0.25) is 0 Å². The molecule has 0 bridgehead atoms. The Balaban J connectivity index is 1.66. The van der Waals surface area contributed by atoms with E-state index in [0.29, 0.717) is 25.2 Å². The molecule has 1 aromatic carbocycles. The Morgan fingerprint density at radius 1 is 1.31 bits per heavy atom. The van der Waals surface area contributed by atoms with Crippen LogP contribution in [0.4, 0.5) is 10.1 Å². The number of rotatable bonds is 5. The van der Waals surface area contributed by atoms with Crippen molar-refractivity contribution < 1.29 is 14.3 Å². The first kappa shape index (κ1) is 19.1. The average molecular weight is 363 g/mol. The Bertz CT molecular complexity index is 611. The zero-order valence-electron chi connectivity index (χ0n) is 15.5. The van der Waals surface area contributed by atoms with Gasteiger partial charge in [-0.05, 0) is 69.8 Å². The summed E-state index contributed by atoms with van der Waals surface area (Å²) in [5.41, 5.74) is 1.76. The van der Waals surface area contributed by atoms with Gasteiger partial charge in [0, 0.05) is 30.8 Å². The van der Waals surface area contributed by atoms with Crippen molar-refractivity contribution in [3.8, 4) is 0 Å². The third-order valence-electron chi connectivity index (χ3n) is 5.57. The lowest BCUT2D eigenvalue weighted by Gasteiger charge is -2.34. The van der Waals surface area contributed by atoms with E-state index < -0.39 is 0 Å². The number of aliphatic hydroxyl groups excluding tert-OH is 1. The van der Waals surface area contributed by atoms with Gasteiger partial charge in [0.1, 0.15) is 5.82 Å². The summed E-state index contributed by atoms with van der Waals surface area (Å²) in [7, 11) is 0. The molecule has 0 aliphatic carbocycles. The molecule has 1 amide bonds. The van der Waals surface area contributed by atoms with Gasteiger partial charge >= 0.3 is 0 Å². The third kappa shape index (κ3) is 4.95. The van der Waals surface area contributed by atoms with Crippen LogP contribution in [0.15, 0.2) is 18.2 Å². The number of hydrogen-bond acceptors (Lipinski definition) is 4. The van der Waals surface area contributed by atoms with Gasteiger partial charge in [0.2, 0.25) is 5.91 Å². The molecule has 5 nitrogen and oxygen atoms in total. The van der Waals surface area contributed by atoms with Crippen LogP contribution >= 0.6 is 0 Å². The van der Waals surface area contributed by atoms with E-state index in [-0.39, 0.29) is 23.9 Å². The van der Waals surface area contributed by atoms with Crippen LogP contribution in [0.3, 0.4) is 0 Å². The number of hydrogen-bond donors (Lipinski definition) is 3. The van der Waals surface area contributed by atoms with Crippen molar-refractivity contribution in [3.05, 3.63) is 29.6 Å². The van der Waals surface area contributed by atoms with E-state index in [4.69, 9.17) is 0 Å². The number of halogens is 1. The Labute approximate surface area is 155 Å². The van der Waals surface area contributed by atoms with E-state index in [0.717, 1.165) is 50.3 Å². The van der Waals surface area contributed by atoms with Crippen molar-refractivity contribution >= 4 is 11.6 Å². The molecule has 1 aromatic rings. The summed E-state index contributed by atoms with van der Waals surface area (Å²) in [5, 5.41) is 16.1. The molecule has 2 saturated heterocycles. The molecule has 2 heterocycles. The predicted molar refractivity (Wildman–Crippen MR) is 101 cm³/mol. The first-order chi connectivity index (χ1) is 12.5. The highest BCUT2D eigenvalue weighted by atomic mass is 19.1. The van der Waals surface area contributed by atoms with Gasteiger partial charge in [0.25, 0.3) is 0 Å². The van der Waals surface area contributed by atoms with E-state index in [9.17, 15) is 14.3 Å². The summed E-state index contributed by atoms with van der Waals surface area (Å²) >= 11 is 0. The van der Waals surface area contributed by atoms with E-state index in [1.54, 1.807) is 6.07 Å². The Hall–Kier alpha value is -1.66. The fraction of sp³-hybridized carbons (Fsp3) is 0.650. The fourth-order valence-corrected chi connectivity index (χ4v) is 3.99. The van der Waals surface area contributed by atoms with Gasteiger partial charge in [0.15, 0.2) is 0 Å². The highest BCUT2D eigenvalue weighted by Gasteiger charge is 2.23. The number of nitrogens with zero attached hydrogens (tertiary/aromatic N) is 1. The van der Waals surface area contributed by atoms with Crippen LogP contribution in [0.5, 0.6) is 0 Å². The van der Waals surface area contributed by atoms with Gasteiger partial charge in [-0.3, -0.25) is 4.79 Å². The van der Waals surface area contributed by atoms with Crippen LogP contribution in [0, 0.1) is 11.7 Å². The third-order valence-corrected chi connectivity index (χ3v) is 5.57. The van der Waals surface area contributed by atoms with E-state index in [1.807, 2.05) is 6.92 Å². The Morgan fingerprint density at radius 3 is 2.69 bits per heavy atom. The molecule has 1 atom stereocenters. The van der Waals surface area contributed by atoms with Crippen LogP contribution < -0.4 is 15.5 Å². The van der Waals surface area contributed by atoms with Crippen molar-refractivity contribution in [2.75, 3.05) is 31.1 Å². The molecule has 3 N–H and O–H groups in total. The molecule has 2 fully saturated rings. The summed E-state index contributed by atoms with van der Waals surface area (Å²) in [6.07, 6.45) is 3.77. The molecular formula is C20H30FN3O2. The SMILES string of the molecule is C[C@@H](NC(=O)CC1CCNCC1)c1cc(F)ccc1N1CCC(O)CC1. The molecule has 144 valence electrons. The summed E-state index contributed by atoms with van der Waals surface area (Å²) < 4.78 is 13.9. The summed E-state index contributed by atoms with van der Waals surface area (Å²) in [6, 6.07) is 4.53. The molecule has 0 spiro atoms. The molecule has 0 aromatic heterocycles. The predicted octanol–water partition coefficient (Wildman–Crippen LogP) is 2.35. The van der Waals surface area contributed by atoms with Crippen molar-refractivity contribution in [1.29, 1.82) is 0 Å². The highest BCUT2D eigenvalue weighted by molar-refractivity contribution is 5.77. The number of anilines is 1. The zero-order chi connectivity index (χ0) is 18.5. The van der Waals surface area contributed by atoms with Crippen LogP contribution in [-0.4, -0.2) is 43.3 Å². The van der Waals surface area contributed by atoms with E-state index >= 15 is 0 Å². The lowest BCUT2D eigenvalue weighted by molar-refractivity contribution is -0.122. The smallest absolute Gasteiger partial charge is 0.220 e. The maximum Gasteiger partial charge on any atom is 0.220 e. The topological polar surface area (TPSA) is 64.6 Å². The number of benzene rings is 1. The number of carbonyl (C=O) groups excluding carboxylic acids is 1. The first-order valence-corrected chi connectivity index (χ1v) is 9.75. The van der Waals surface area contributed by atoms with Gasteiger partial charge < -0.3 is 20.6 Å².